The molecule has 0 spiro atoms. The van der Waals surface area contributed by atoms with Crippen LogP contribution < -0.4 is 15.0 Å². The van der Waals surface area contributed by atoms with Crippen LogP contribution in [0.5, 0.6) is 5.75 Å². The van der Waals surface area contributed by atoms with E-state index in [0.29, 0.717) is 48.2 Å². The third-order valence-electron chi connectivity index (χ3n) is 6.12. The van der Waals surface area contributed by atoms with Crippen LogP contribution in [0, 0.1) is 13.8 Å². The number of rotatable bonds is 6. The summed E-state index contributed by atoms with van der Waals surface area (Å²) in [7, 11) is -2.29. The van der Waals surface area contributed by atoms with E-state index in [4.69, 9.17) is 16.3 Å². The number of carbonyl (C=O) groups is 1. The summed E-state index contributed by atoms with van der Waals surface area (Å²) < 4.78 is 33.7. The lowest BCUT2D eigenvalue weighted by Crippen LogP contribution is -2.48. The minimum Gasteiger partial charge on any atom is -0.495 e. The SMILES string of the molecule is COc1ccc(S(=O)(=O)N2CCN(c3cc(Cl)ccc3C)CC2)cc1NC(=O)c1ccc(C)cc1. The van der Waals surface area contributed by atoms with Gasteiger partial charge in [0.1, 0.15) is 5.75 Å². The van der Waals surface area contributed by atoms with Crippen LogP contribution in [0.3, 0.4) is 0 Å². The highest BCUT2D eigenvalue weighted by Crippen LogP contribution is 2.31. The molecular formula is C26H28ClN3O4S. The van der Waals surface area contributed by atoms with Gasteiger partial charge >= 0.3 is 0 Å². The number of amides is 1. The van der Waals surface area contributed by atoms with Gasteiger partial charge in [-0.15, -0.1) is 0 Å². The van der Waals surface area contributed by atoms with Gasteiger partial charge in [-0.05, 0) is 61.9 Å². The molecule has 9 heteroatoms. The summed E-state index contributed by atoms with van der Waals surface area (Å²) in [4.78, 5) is 15.0. The van der Waals surface area contributed by atoms with E-state index in [1.807, 2.05) is 44.2 Å². The lowest BCUT2D eigenvalue weighted by Gasteiger charge is -2.36. The van der Waals surface area contributed by atoms with E-state index >= 15 is 0 Å². The number of halogens is 1. The molecule has 1 aliphatic heterocycles. The minimum absolute atomic E-state index is 0.102. The van der Waals surface area contributed by atoms with Crippen molar-refractivity contribution in [3.05, 3.63) is 82.4 Å². The third-order valence-corrected chi connectivity index (χ3v) is 8.25. The molecule has 0 bridgehead atoms. The van der Waals surface area contributed by atoms with Crippen molar-refractivity contribution in [2.24, 2.45) is 0 Å². The van der Waals surface area contributed by atoms with Crippen LogP contribution in [0.2, 0.25) is 5.02 Å². The molecule has 35 heavy (non-hydrogen) atoms. The van der Waals surface area contributed by atoms with Crippen LogP contribution in [0.15, 0.2) is 65.6 Å². The smallest absolute Gasteiger partial charge is 0.255 e. The molecule has 7 nitrogen and oxygen atoms in total. The average molecular weight is 514 g/mol. The first-order valence-electron chi connectivity index (χ1n) is 11.3. The van der Waals surface area contributed by atoms with Crippen molar-refractivity contribution in [3.8, 4) is 5.75 Å². The molecule has 1 fully saturated rings. The average Bonchev–Trinajstić information content (AvgIpc) is 2.86. The summed E-state index contributed by atoms with van der Waals surface area (Å²) in [5, 5.41) is 3.44. The molecular weight excluding hydrogens is 486 g/mol. The van der Waals surface area contributed by atoms with Crippen molar-refractivity contribution in [1.82, 2.24) is 4.31 Å². The van der Waals surface area contributed by atoms with Crippen molar-refractivity contribution in [3.63, 3.8) is 0 Å². The number of benzene rings is 3. The molecule has 184 valence electrons. The number of hydrogen-bond donors (Lipinski definition) is 1. The van der Waals surface area contributed by atoms with Gasteiger partial charge in [0.25, 0.3) is 5.91 Å². The molecule has 3 aromatic carbocycles. The quantitative estimate of drug-likeness (QED) is 0.515. The van der Waals surface area contributed by atoms with Crippen LogP contribution >= 0.6 is 11.6 Å². The highest BCUT2D eigenvalue weighted by Gasteiger charge is 2.30. The number of aryl methyl sites for hydroxylation is 2. The van der Waals surface area contributed by atoms with Gasteiger partial charge in [-0.3, -0.25) is 4.79 Å². The fraction of sp³-hybridized carbons (Fsp3) is 0.269. The van der Waals surface area contributed by atoms with Crippen molar-refractivity contribution < 1.29 is 17.9 Å². The molecule has 0 aromatic heterocycles. The molecule has 4 rings (SSSR count). The molecule has 1 N–H and O–H groups in total. The number of carbonyl (C=O) groups excluding carboxylic acids is 1. The molecule has 0 aliphatic carbocycles. The predicted molar refractivity (Wildman–Crippen MR) is 139 cm³/mol. The zero-order chi connectivity index (χ0) is 25.2. The second-order valence-corrected chi connectivity index (χ2v) is 10.9. The molecule has 0 unspecified atom stereocenters. The maximum absolute atomic E-state index is 13.4. The van der Waals surface area contributed by atoms with Gasteiger partial charge in [0, 0.05) is 42.5 Å². The van der Waals surface area contributed by atoms with Crippen LogP contribution in [-0.4, -0.2) is 51.9 Å². The van der Waals surface area contributed by atoms with Gasteiger partial charge in [-0.1, -0.05) is 35.4 Å². The Morgan fingerprint density at radius 3 is 2.29 bits per heavy atom. The molecule has 0 saturated carbocycles. The van der Waals surface area contributed by atoms with Crippen molar-refractivity contribution in [1.29, 1.82) is 0 Å². The summed E-state index contributed by atoms with van der Waals surface area (Å²) in [6.07, 6.45) is 0. The lowest BCUT2D eigenvalue weighted by molar-refractivity contribution is 0.102. The van der Waals surface area contributed by atoms with E-state index in [1.165, 1.54) is 23.5 Å². The van der Waals surface area contributed by atoms with E-state index in [2.05, 4.69) is 10.2 Å². The second-order valence-electron chi connectivity index (χ2n) is 8.50. The van der Waals surface area contributed by atoms with Crippen molar-refractivity contribution in [2.75, 3.05) is 43.5 Å². The van der Waals surface area contributed by atoms with Crippen LogP contribution in [-0.2, 0) is 10.0 Å². The molecule has 1 heterocycles. The Bertz CT molecular complexity index is 1340. The number of piperazine rings is 1. The monoisotopic (exact) mass is 513 g/mol. The summed E-state index contributed by atoms with van der Waals surface area (Å²) in [5.74, 6) is 0.0361. The Hall–Kier alpha value is -3.07. The Kier molecular flexibility index (Phi) is 7.35. The number of ether oxygens (including phenoxy) is 1. The fourth-order valence-electron chi connectivity index (χ4n) is 4.09. The lowest BCUT2D eigenvalue weighted by atomic mass is 10.1. The number of sulfonamides is 1. The normalized spacial score (nSPS) is 14.6. The number of nitrogens with one attached hydrogen (secondary N) is 1. The minimum atomic E-state index is -3.77. The fourth-order valence-corrected chi connectivity index (χ4v) is 5.70. The van der Waals surface area contributed by atoms with E-state index in [1.54, 1.807) is 18.2 Å². The molecule has 0 atom stereocenters. The van der Waals surface area contributed by atoms with Gasteiger partial charge < -0.3 is 15.0 Å². The van der Waals surface area contributed by atoms with Crippen LogP contribution in [0.1, 0.15) is 21.5 Å². The summed E-state index contributed by atoms with van der Waals surface area (Å²) >= 11 is 6.17. The number of hydrogen-bond acceptors (Lipinski definition) is 5. The van der Waals surface area contributed by atoms with Crippen LogP contribution in [0.4, 0.5) is 11.4 Å². The Morgan fingerprint density at radius 1 is 0.943 bits per heavy atom. The number of methoxy groups -OCH3 is 1. The summed E-state index contributed by atoms with van der Waals surface area (Å²) in [6.45, 7) is 5.73. The summed E-state index contributed by atoms with van der Waals surface area (Å²) in [6, 6.07) is 17.4. The van der Waals surface area contributed by atoms with Crippen molar-refractivity contribution >= 4 is 38.9 Å². The number of anilines is 2. The summed E-state index contributed by atoms with van der Waals surface area (Å²) in [5.41, 5.74) is 3.92. The van der Waals surface area contributed by atoms with Gasteiger partial charge in [-0.25, -0.2) is 8.42 Å². The Morgan fingerprint density at radius 2 is 1.63 bits per heavy atom. The molecule has 1 amide bonds. The highest BCUT2D eigenvalue weighted by molar-refractivity contribution is 7.89. The maximum atomic E-state index is 13.4. The largest absolute Gasteiger partial charge is 0.495 e. The zero-order valence-electron chi connectivity index (χ0n) is 19.9. The highest BCUT2D eigenvalue weighted by atomic mass is 35.5. The van der Waals surface area contributed by atoms with Gasteiger partial charge in [-0.2, -0.15) is 4.31 Å². The third kappa shape index (κ3) is 5.45. The first-order chi connectivity index (χ1) is 16.7. The van der Waals surface area contributed by atoms with E-state index in [-0.39, 0.29) is 10.8 Å². The molecule has 0 radical (unpaired) electrons. The molecule has 3 aromatic rings. The molecule has 1 saturated heterocycles. The van der Waals surface area contributed by atoms with Gasteiger partial charge in [0.2, 0.25) is 10.0 Å². The zero-order valence-corrected chi connectivity index (χ0v) is 21.5. The Labute approximate surface area is 211 Å². The Balaban J connectivity index is 1.52. The van der Waals surface area contributed by atoms with Crippen LogP contribution in [0.25, 0.3) is 0 Å². The van der Waals surface area contributed by atoms with Gasteiger partial charge in [0.15, 0.2) is 0 Å². The van der Waals surface area contributed by atoms with Gasteiger partial charge in [0.05, 0.1) is 17.7 Å². The number of nitrogens with zero attached hydrogens (tertiary/aromatic N) is 2. The van der Waals surface area contributed by atoms with E-state index < -0.39 is 10.0 Å². The van der Waals surface area contributed by atoms with Crippen molar-refractivity contribution in [2.45, 2.75) is 18.7 Å². The predicted octanol–water partition coefficient (Wildman–Crippen LogP) is 4.73. The maximum Gasteiger partial charge on any atom is 0.255 e. The first kappa shape index (κ1) is 25.0. The topological polar surface area (TPSA) is 79.0 Å². The second kappa shape index (κ2) is 10.3. The van der Waals surface area contributed by atoms with E-state index in [9.17, 15) is 13.2 Å². The first-order valence-corrected chi connectivity index (χ1v) is 13.1. The molecule has 1 aliphatic rings. The standard InChI is InChI=1S/C26H28ClN3O4S/c1-18-4-7-20(8-5-18)26(31)28-23-17-22(10-11-25(23)34-3)35(32,33)30-14-12-29(13-15-30)24-16-21(27)9-6-19(24)2/h4-11,16-17H,12-15H2,1-3H3,(H,28,31). The van der Waals surface area contributed by atoms with E-state index in [0.717, 1.165) is 16.8 Å².